The Morgan fingerprint density at radius 2 is 1.92 bits per heavy atom. The highest BCUT2D eigenvalue weighted by Gasteiger charge is 2.07. The van der Waals surface area contributed by atoms with Crippen molar-refractivity contribution in [1.29, 1.82) is 0 Å². The molecular formula is C11H25NO. The minimum Gasteiger partial charge on any atom is -0.395 e. The van der Waals surface area contributed by atoms with E-state index in [0.717, 1.165) is 13.0 Å². The molecule has 0 amide bonds. The van der Waals surface area contributed by atoms with E-state index in [0.29, 0.717) is 12.0 Å². The first-order chi connectivity index (χ1) is 6.20. The van der Waals surface area contributed by atoms with Gasteiger partial charge in [-0.2, -0.15) is 0 Å². The summed E-state index contributed by atoms with van der Waals surface area (Å²) in [6, 6.07) is 0.303. The van der Waals surface area contributed by atoms with Gasteiger partial charge in [0.15, 0.2) is 0 Å². The van der Waals surface area contributed by atoms with Crippen molar-refractivity contribution in [2.75, 3.05) is 13.2 Å². The predicted molar refractivity (Wildman–Crippen MR) is 57.9 cm³/mol. The molecule has 80 valence electrons. The molecule has 0 unspecified atom stereocenters. The van der Waals surface area contributed by atoms with Gasteiger partial charge in [0.2, 0.25) is 0 Å². The normalized spacial score (nSPS) is 13.6. The molecule has 0 radical (unpaired) electrons. The molecule has 0 rings (SSSR count). The summed E-state index contributed by atoms with van der Waals surface area (Å²) < 4.78 is 0. The quantitative estimate of drug-likeness (QED) is 0.571. The van der Waals surface area contributed by atoms with Gasteiger partial charge in [0.1, 0.15) is 0 Å². The molecule has 0 aromatic carbocycles. The third kappa shape index (κ3) is 8.26. The molecular weight excluding hydrogens is 162 g/mol. The zero-order valence-corrected chi connectivity index (χ0v) is 9.34. The Kier molecular flexibility index (Phi) is 8.46. The summed E-state index contributed by atoms with van der Waals surface area (Å²) in [6.45, 7) is 7.90. The highest BCUT2D eigenvalue weighted by Crippen LogP contribution is 2.04. The van der Waals surface area contributed by atoms with Crippen LogP contribution in [0.2, 0.25) is 0 Å². The van der Waals surface area contributed by atoms with Crippen LogP contribution in [0.4, 0.5) is 0 Å². The minimum atomic E-state index is 0.268. The van der Waals surface area contributed by atoms with Gasteiger partial charge in [0, 0.05) is 6.04 Å². The fraction of sp³-hybridized carbons (Fsp3) is 1.00. The van der Waals surface area contributed by atoms with E-state index in [2.05, 4.69) is 26.1 Å². The third-order valence-electron chi connectivity index (χ3n) is 2.19. The predicted octanol–water partition coefficient (Wildman–Crippen LogP) is 2.17. The highest BCUT2D eigenvalue weighted by atomic mass is 16.3. The van der Waals surface area contributed by atoms with Crippen molar-refractivity contribution >= 4 is 0 Å². The van der Waals surface area contributed by atoms with Crippen LogP contribution in [0.1, 0.15) is 46.5 Å². The van der Waals surface area contributed by atoms with Gasteiger partial charge in [-0.05, 0) is 25.3 Å². The van der Waals surface area contributed by atoms with Gasteiger partial charge in [0.05, 0.1) is 6.61 Å². The number of hydrogen-bond donors (Lipinski definition) is 2. The van der Waals surface area contributed by atoms with Crippen molar-refractivity contribution in [2.24, 2.45) is 5.92 Å². The fourth-order valence-corrected chi connectivity index (χ4v) is 1.47. The topological polar surface area (TPSA) is 32.3 Å². The molecule has 0 heterocycles. The molecule has 2 heteroatoms. The maximum atomic E-state index is 9.07. The zero-order chi connectivity index (χ0) is 10.1. The Labute approximate surface area is 82.7 Å². The van der Waals surface area contributed by atoms with Gasteiger partial charge >= 0.3 is 0 Å². The summed E-state index contributed by atoms with van der Waals surface area (Å²) in [5.74, 6) is 0.663. The lowest BCUT2D eigenvalue weighted by molar-refractivity contribution is 0.224. The molecule has 0 saturated heterocycles. The standard InChI is InChI=1S/C11H25NO/c1-4-5-6-7-12-11(9-13)8-10(2)3/h10-13H,4-9H2,1-3H3/t11-/m0/s1. The van der Waals surface area contributed by atoms with E-state index in [4.69, 9.17) is 5.11 Å². The van der Waals surface area contributed by atoms with Gasteiger partial charge < -0.3 is 10.4 Å². The Morgan fingerprint density at radius 1 is 1.23 bits per heavy atom. The molecule has 0 fully saturated rings. The second-order valence-electron chi connectivity index (χ2n) is 4.17. The summed E-state index contributed by atoms with van der Waals surface area (Å²) in [5, 5.41) is 12.5. The second-order valence-corrected chi connectivity index (χ2v) is 4.17. The lowest BCUT2D eigenvalue weighted by Crippen LogP contribution is -2.34. The molecule has 0 aromatic heterocycles. The molecule has 0 spiro atoms. The SMILES string of the molecule is CCCCCN[C@H](CO)CC(C)C. The number of nitrogens with one attached hydrogen (secondary N) is 1. The molecule has 0 saturated carbocycles. The molecule has 13 heavy (non-hydrogen) atoms. The van der Waals surface area contributed by atoms with Crippen LogP contribution in [0.25, 0.3) is 0 Å². The molecule has 0 aromatic rings. The van der Waals surface area contributed by atoms with Gasteiger partial charge in [-0.1, -0.05) is 33.6 Å². The molecule has 0 aliphatic carbocycles. The Bertz CT molecular complexity index is 104. The summed E-state index contributed by atoms with van der Waals surface area (Å²) in [4.78, 5) is 0. The molecule has 1 atom stereocenters. The van der Waals surface area contributed by atoms with Crippen LogP contribution in [0.15, 0.2) is 0 Å². The van der Waals surface area contributed by atoms with Gasteiger partial charge in [0.25, 0.3) is 0 Å². The van der Waals surface area contributed by atoms with Crippen LogP contribution < -0.4 is 5.32 Å². The Morgan fingerprint density at radius 3 is 2.38 bits per heavy atom. The summed E-state index contributed by atoms with van der Waals surface area (Å²) in [5.41, 5.74) is 0. The summed E-state index contributed by atoms with van der Waals surface area (Å²) in [7, 11) is 0. The number of unbranched alkanes of at least 4 members (excludes halogenated alkanes) is 2. The monoisotopic (exact) mass is 187 g/mol. The zero-order valence-electron chi connectivity index (χ0n) is 9.34. The highest BCUT2D eigenvalue weighted by molar-refractivity contribution is 4.66. The summed E-state index contributed by atoms with van der Waals surface area (Å²) >= 11 is 0. The number of rotatable bonds is 8. The lowest BCUT2D eigenvalue weighted by atomic mass is 10.0. The molecule has 0 aliphatic rings. The molecule has 2 nitrogen and oxygen atoms in total. The Balaban J connectivity index is 3.36. The summed E-state index contributed by atoms with van der Waals surface area (Å²) in [6.07, 6.45) is 4.84. The number of aliphatic hydroxyl groups is 1. The second kappa shape index (κ2) is 8.52. The van der Waals surface area contributed by atoms with Crippen molar-refractivity contribution in [3.8, 4) is 0 Å². The van der Waals surface area contributed by atoms with E-state index in [9.17, 15) is 0 Å². The van der Waals surface area contributed by atoms with Gasteiger partial charge in [-0.3, -0.25) is 0 Å². The fourth-order valence-electron chi connectivity index (χ4n) is 1.47. The maximum absolute atomic E-state index is 9.07. The van der Waals surface area contributed by atoms with E-state index < -0.39 is 0 Å². The van der Waals surface area contributed by atoms with E-state index in [1.54, 1.807) is 0 Å². The molecule has 0 bridgehead atoms. The molecule has 2 N–H and O–H groups in total. The van der Waals surface area contributed by atoms with Crippen molar-refractivity contribution in [3.63, 3.8) is 0 Å². The van der Waals surface area contributed by atoms with Gasteiger partial charge in [-0.15, -0.1) is 0 Å². The van der Waals surface area contributed by atoms with E-state index in [1.165, 1.54) is 19.3 Å². The van der Waals surface area contributed by atoms with Crippen LogP contribution >= 0.6 is 0 Å². The maximum Gasteiger partial charge on any atom is 0.0584 e. The number of aliphatic hydroxyl groups excluding tert-OH is 1. The first kappa shape index (κ1) is 12.9. The van der Waals surface area contributed by atoms with Crippen molar-refractivity contribution < 1.29 is 5.11 Å². The average molecular weight is 187 g/mol. The van der Waals surface area contributed by atoms with Crippen molar-refractivity contribution in [3.05, 3.63) is 0 Å². The third-order valence-corrected chi connectivity index (χ3v) is 2.19. The number of hydrogen-bond acceptors (Lipinski definition) is 2. The van der Waals surface area contributed by atoms with Crippen LogP contribution in [0.5, 0.6) is 0 Å². The molecule has 0 aliphatic heterocycles. The van der Waals surface area contributed by atoms with E-state index in [1.807, 2.05) is 0 Å². The lowest BCUT2D eigenvalue weighted by Gasteiger charge is -2.17. The average Bonchev–Trinajstić information content (AvgIpc) is 2.09. The largest absolute Gasteiger partial charge is 0.395 e. The van der Waals surface area contributed by atoms with E-state index >= 15 is 0 Å². The minimum absolute atomic E-state index is 0.268. The van der Waals surface area contributed by atoms with Crippen LogP contribution in [-0.4, -0.2) is 24.3 Å². The van der Waals surface area contributed by atoms with E-state index in [-0.39, 0.29) is 6.61 Å². The van der Waals surface area contributed by atoms with Crippen molar-refractivity contribution in [1.82, 2.24) is 5.32 Å². The van der Waals surface area contributed by atoms with Crippen LogP contribution in [0.3, 0.4) is 0 Å². The van der Waals surface area contributed by atoms with Crippen molar-refractivity contribution in [2.45, 2.75) is 52.5 Å². The van der Waals surface area contributed by atoms with Crippen LogP contribution in [-0.2, 0) is 0 Å². The first-order valence-electron chi connectivity index (χ1n) is 5.55. The Hall–Kier alpha value is -0.0800. The van der Waals surface area contributed by atoms with Gasteiger partial charge in [-0.25, -0.2) is 0 Å². The van der Waals surface area contributed by atoms with Crippen LogP contribution in [0, 0.1) is 5.92 Å². The smallest absolute Gasteiger partial charge is 0.0584 e. The first-order valence-corrected chi connectivity index (χ1v) is 5.55.